The third kappa shape index (κ3) is 6.21. The van der Waals surface area contributed by atoms with Crippen molar-refractivity contribution in [3.63, 3.8) is 0 Å². The average molecular weight is 466 g/mol. The Balaban J connectivity index is 2.36. The Bertz CT molecular complexity index is 1070. The molecule has 0 fully saturated rings. The summed E-state index contributed by atoms with van der Waals surface area (Å²) in [6, 6.07) is 10.3. The van der Waals surface area contributed by atoms with Gasteiger partial charge in [0.15, 0.2) is 0 Å². The zero-order valence-electron chi connectivity index (χ0n) is 18.3. The molecule has 2 aromatic rings. The molecule has 7 nitrogen and oxygen atoms in total. The molecule has 2 rings (SSSR count). The second-order valence-electron chi connectivity index (χ2n) is 7.48. The number of aryl methyl sites for hydroxylation is 1. The summed E-state index contributed by atoms with van der Waals surface area (Å²) in [6.45, 7) is 7.07. The zero-order chi connectivity index (χ0) is 23.3. The number of hydrogen-bond acceptors (Lipinski definition) is 4. The Kier molecular flexibility index (Phi) is 8.08. The number of carbonyl (C=O) groups is 2. The van der Waals surface area contributed by atoms with E-state index in [1.54, 1.807) is 43.3 Å². The van der Waals surface area contributed by atoms with Gasteiger partial charge in [-0.2, -0.15) is 0 Å². The van der Waals surface area contributed by atoms with Crippen LogP contribution in [0.3, 0.4) is 0 Å². The number of halogens is 1. The first-order valence-electron chi connectivity index (χ1n) is 9.92. The van der Waals surface area contributed by atoms with Gasteiger partial charge in [0.2, 0.25) is 15.9 Å². The van der Waals surface area contributed by atoms with Crippen molar-refractivity contribution in [2.24, 2.45) is 0 Å². The maximum atomic E-state index is 13.0. The summed E-state index contributed by atoms with van der Waals surface area (Å²) in [5.41, 5.74) is 1.58. The summed E-state index contributed by atoms with van der Waals surface area (Å²) >= 11 is 6.07. The number of amides is 2. The minimum Gasteiger partial charge on any atom is -0.350 e. The lowest BCUT2D eigenvalue weighted by molar-refractivity contribution is -0.116. The maximum absolute atomic E-state index is 13.0. The van der Waals surface area contributed by atoms with Crippen molar-refractivity contribution in [1.82, 2.24) is 5.32 Å². The number of carbonyl (C=O) groups excluding carboxylic acids is 2. The number of para-hydroxylation sites is 1. The molecular formula is C22H28ClN3O4S. The number of hydrogen-bond donors (Lipinski definition) is 2. The lowest BCUT2D eigenvalue weighted by Gasteiger charge is -2.29. The van der Waals surface area contributed by atoms with Crippen LogP contribution in [0, 0.1) is 6.92 Å². The minimum absolute atomic E-state index is 0.0262. The summed E-state index contributed by atoms with van der Waals surface area (Å²) < 4.78 is 26.2. The van der Waals surface area contributed by atoms with E-state index in [0.29, 0.717) is 27.5 Å². The Hall–Kier alpha value is -2.58. The van der Waals surface area contributed by atoms with E-state index in [0.717, 1.165) is 17.0 Å². The lowest BCUT2D eigenvalue weighted by Crippen LogP contribution is -2.46. The summed E-state index contributed by atoms with van der Waals surface area (Å²) in [5, 5.41) is 5.92. The molecule has 9 heteroatoms. The van der Waals surface area contributed by atoms with Crippen LogP contribution in [0.25, 0.3) is 0 Å². The predicted molar refractivity (Wildman–Crippen MR) is 125 cm³/mol. The van der Waals surface area contributed by atoms with Crippen molar-refractivity contribution in [2.75, 3.05) is 15.9 Å². The van der Waals surface area contributed by atoms with Crippen molar-refractivity contribution in [1.29, 1.82) is 0 Å². The summed E-state index contributed by atoms with van der Waals surface area (Å²) in [6.07, 6.45) is 1.80. The van der Waals surface area contributed by atoms with Crippen LogP contribution in [0.5, 0.6) is 0 Å². The standard InChI is InChI=1S/C22H28ClN3O4S/c1-6-15(3)24-22(28)18-9-7-8-10-19(18)25-21(27)16(4)26(31(5,29)30)20-13-17(23)12-11-14(20)2/h7-13,15-16H,6H2,1-5H3,(H,24,28)(H,25,27)/t15-,16+/m1/s1. The molecule has 0 spiro atoms. The number of nitrogens with one attached hydrogen (secondary N) is 2. The Morgan fingerprint density at radius 1 is 1.13 bits per heavy atom. The molecule has 0 saturated carbocycles. The monoisotopic (exact) mass is 465 g/mol. The van der Waals surface area contributed by atoms with Crippen molar-refractivity contribution in [3.05, 3.63) is 58.6 Å². The van der Waals surface area contributed by atoms with Gasteiger partial charge in [0.1, 0.15) is 6.04 Å². The number of sulfonamides is 1. The quantitative estimate of drug-likeness (QED) is 0.616. The van der Waals surface area contributed by atoms with E-state index >= 15 is 0 Å². The average Bonchev–Trinajstić information content (AvgIpc) is 2.69. The smallest absolute Gasteiger partial charge is 0.253 e. The van der Waals surface area contributed by atoms with Crippen LogP contribution in [0.2, 0.25) is 5.02 Å². The molecular weight excluding hydrogens is 438 g/mol. The Labute approximate surface area is 188 Å². The number of rotatable bonds is 8. The Morgan fingerprint density at radius 2 is 1.77 bits per heavy atom. The largest absolute Gasteiger partial charge is 0.350 e. The van der Waals surface area contributed by atoms with Crippen LogP contribution in [0.4, 0.5) is 11.4 Å². The molecule has 2 amide bonds. The second kappa shape index (κ2) is 10.2. The summed E-state index contributed by atoms with van der Waals surface area (Å²) in [5.74, 6) is -0.892. The zero-order valence-corrected chi connectivity index (χ0v) is 19.8. The maximum Gasteiger partial charge on any atom is 0.253 e. The van der Waals surface area contributed by atoms with Crippen LogP contribution < -0.4 is 14.9 Å². The molecule has 2 aromatic carbocycles. The fourth-order valence-electron chi connectivity index (χ4n) is 3.03. The van der Waals surface area contributed by atoms with Gasteiger partial charge in [-0.15, -0.1) is 0 Å². The van der Waals surface area contributed by atoms with E-state index < -0.39 is 22.0 Å². The van der Waals surface area contributed by atoms with Crippen molar-refractivity contribution in [2.45, 2.75) is 46.2 Å². The van der Waals surface area contributed by atoms with Gasteiger partial charge in [0.05, 0.1) is 23.2 Å². The molecule has 0 heterocycles. The first-order chi connectivity index (χ1) is 14.5. The molecule has 168 valence electrons. The molecule has 0 unspecified atom stereocenters. The van der Waals surface area contributed by atoms with E-state index in [1.807, 2.05) is 13.8 Å². The molecule has 31 heavy (non-hydrogen) atoms. The van der Waals surface area contributed by atoms with E-state index in [9.17, 15) is 18.0 Å². The second-order valence-corrected chi connectivity index (χ2v) is 9.78. The van der Waals surface area contributed by atoms with Gasteiger partial charge in [-0.25, -0.2) is 8.42 Å². The minimum atomic E-state index is -3.80. The van der Waals surface area contributed by atoms with Crippen LogP contribution in [0.1, 0.15) is 43.1 Å². The number of anilines is 2. The first-order valence-corrected chi connectivity index (χ1v) is 12.1. The predicted octanol–water partition coefficient (Wildman–Crippen LogP) is 3.97. The molecule has 2 atom stereocenters. The number of nitrogens with zero attached hydrogens (tertiary/aromatic N) is 1. The fraction of sp³-hybridized carbons (Fsp3) is 0.364. The number of benzene rings is 2. The van der Waals surface area contributed by atoms with E-state index in [2.05, 4.69) is 10.6 Å². The van der Waals surface area contributed by atoms with Gasteiger partial charge in [-0.05, 0) is 57.0 Å². The molecule has 0 aliphatic rings. The molecule has 0 aromatic heterocycles. The fourth-order valence-corrected chi connectivity index (χ4v) is 4.42. The summed E-state index contributed by atoms with van der Waals surface area (Å²) in [7, 11) is -3.80. The van der Waals surface area contributed by atoms with Gasteiger partial charge in [0.25, 0.3) is 5.91 Å². The SMILES string of the molecule is CC[C@@H](C)NC(=O)c1ccccc1NC(=O)[C@H](C)N(c1cc(Cl)ccc1C)S(C)(=O)=O. The molecule has 0 aliphatic carbocycles. The van der Waals surface area contributed by atoms with Crippen molar-refractivity contribution >= 4 is 44.8 Å². The first kappa shape index (κ1) is 24.7. The van der Waals surface area contributed by atoms with Gasteiger partial charge in [-0.3, -0.25) is 13.9 Å². The third-order valence-electron chi connectivity index (χ3n) is 4.92. The third-order valence-corrected chi connectivity index (χ3v) is 6.38. The van der Waals surface area contributed by atoms with Gasteiger partial charge in [0, 0.05) is 11.1 Å². The van der Waals surface area contributed by atoms with Crippen molar-refractivity contribution < 1.29 is 18.0 Å². The topological polar surface area (TPSA) is 95.6 Å². The van der Waals surface area contributed by atoms with Gasteiger partial charge < -0.3 is 10.6 Å². The Morgan fingerprint density at radius 3 is 2.39 bits per heavy atom. The van der Waals surface area contributed by atoms with Gasteiger partial charge in [-0.1, -0.05) is 36.7 Å². The van der Waals surface area contributed by atoms with Crippen LogP contribution in [-0.2, 0) is 14.8 Å². The molecule has 0 bridgehead atoms. The van der Waals surface area contributed by atoms with Crippen LogP contribution >= 0.6 is 11.6 Å². The van der Waals surface area contributed by atoms with Crippen LogP contribution in [-0.4, -0.2) is 38.6 Å². The normalized spacial score (nSPS) is 13.2. The molecule has 0 aliphatic heterocycles. The highest BCUT2D eigenvalue weighted by Crippen LogP contribution is 2.29. The molecule has 2 N–H and O–H groups in total. The highest BCUT2D eigenvalue weighted by molar-refractivity contribution is 7.92. The molecule has 0 radical (unpaired) electrons. The van der Waals surface area contributed by atoms with Crippen LogP contribution in [0.15, 0.2) is 42.5 Å². The van der Waals surface area contributed by atoms with Gasteiger partial charge >= 0.3 is 0 Å². The molecule has 0 saturated heterocycles. The lowest BCUT2D eigenvalue weighted by atomic mass is 10.1. The van der Waals surface area contributed by atoms with E-state index in [4.69, 9.17) is 11.6 Å². The highest BCUT2D eigenvalue weighted by atomic mass is 35.5. The highest BCUT2D eigenvalue weighted by Gasteiger charge is 2.31. The van der Waals surface area contributed by atoms with E-state index in [1.165, 1.54) is 13.0 Å². The van der Waals surface area contributed by atoms with E-state index in [-0.39, 0.29) is 11.9 Å². The summed E-state index contributed by atoms with van der Waals surface area (Å²) in [4.78, 5) is 25.6. The van der Waals surface area contributed by atoms with Crippen molar-refractivity contribution in [3.8, 4) is 0 Å².